The fourth-order valence-corrected chi connectivity index (χ4v) is 3.99. The van der Waals surface area contributed by atoms with Gasteiger partial charge < -0.3 is 10.2 Å². The molecule has 0 spiro atoms. The van der Waals surface area contributed by atoms with E-state index in [-0.39, 0.29) is 5.91 Å². The Kier molecular flexibility index (Phi) is 4.98. The topological polar surface area (TPSA) is 33.5 Å². The molecule has 4 rings (SSSR count). The summed E-state index contributed by atoms with van der Waals surface area (Å²) in [5.41, 5.74) is 2.04. The smallest absolute Gasteiger partial charge is 0.251 e. The second-order valence-corrected chi connectivity index (χ2v) is 7.10. The van der Waals surface area contributed by atoms with Gasteiger partial charge >= 0.3 is 0 Å². The van der Waals surface area contributed by atoms with Crippen LogP contribution in [0.15, 0.2) is 72.8 Å². The van der Waals surface area contributed by atoms with E-state index in [0.717, 1.165) is 16.3 Å². The number of quaternary nitrogens is 1. The third kappa shape index (κ3) is 3.63. The van der Waals surface area contributed by atoms with Gasteiger partial charge in [0.25, 0.3) is 5.91 Å². The molecule has 1 saturated heterocycles. The Hall–Kier alpha value is -2.65. The van der Waals surface area contributed by atoms with Crippen LogP contribution in [-0.2, 0) is 0 Å². The number of hydrogen-bond donors (Lipinski definition) is 2. The van der Waals surface area contributed by atoms with Gasteiger partial charge in [-0.05, 0) is 22.9 Å². The first-order chi connectivity index (χ1) is 12.8. The van der Waals surface area contributed by atoms with Crippen LogP contribution >= 0.6 is 0 Å². The number of fused-ring (bicyclic) bond motifs is 1. The van der Waals surface area contributed by atoms with Gasteiger partial charge in [-0.2, -0.15) is 0 Å². The SMILES string of the molecule is O=C(NC[C@H](c1ccccc1)[NH+]1CCCC1)c1ccc2ccccc2c1. The van der Waals surface area contributed by atoms with Gasteiger partial charge in [0.05, 0.1) is 19.6 Å². The number of carbonyl (C=O) groups is 1. The Morgan fingerprint density at radius 3 is 2.35 bits per heavy atom. The van der Waals surface area contributed by atoms with E-state index in [1.165, 1.54) is 31.5 Å². The highest BCUT2D eigenvalue weighted by molar-refractivity contribution is 5.98. The molecule has 2 N–H and O–H groups in total. The lowest BCUT2D eigenvalue weighted by atomic mass is 10.0. The highest BCUT2D eigenvalue weighted by Gasteiger charge is 2.27. The molecule has 0 saturated carbocycles. The van der Waals surface area contributed by atoms with Crippen LogP contribution in [0.4, 0.5) is 0 Å². The second-order valence-electron chi connectivity index (χ2n) is 7.10. The van der Waals surface area contributed by atoms with Gasteiger partial charge in [-0.3, -0.25) is 4.79 Å². The molecular weight excluding hydrogens is 320 g/mol. The minimum atomic E-state index is 0.00952. The van der Waals surface area contributed by atoms with Gasteiger partial charge in [-0.25, -0.2) is 0 Å². The number of likely N-dealkylation sites (tertiary alicyclic amines) is 1. The first-order valence-electron chi connectivity index (χ1n) is 9.48. The Morgan fingerprint density at radius 1 is 0.885 bits per heavy atom. The highest BCUT2D eigenvalue weighted by atomic mass is 16.1. The van der Waals surface area contributed by atoms with E-state index in [1.807, 2.05) is 42.5 Å². The summed E-state index contributed by atoms with van der Waals surface area (Å²) < 4.78 is 0. The predicted octanol–water partition coefficient (Wildman–Crippen LogP) is 2.99. The van der Waals surface area contributed by atoms with Gasteiger partial charge in [0, 0.05) is 24.0 Å². The van der Waals surface area contributed by atoms with Crippen LogP contribution in [-0.4, -0.2) is 25.5 Å². The maximum Gasteiger partial charge on any atom is 0.251 e. The minimum Gasteiger partial charge on any atom is -0.346 e. The van der Waals surface area contributed by atoms with E-state index in [9.17, 15) is 4.79 Å². The Bertz CT molecular complexity index is 885. The van der Waals surface area contributed by atoms with Crippen molar-refractivity contribution in [1.29, 1.82) is 0 Å². The summed E-state index contributed by atoms with van der Waals surface area (Å²) >= 11 is 0. The van der Waals surface area contributed by atoms with Crippen LogP contribution in [0.2, 0.25) is 0 Å². The number of rotatable bonds is 5. The average Bonchev–Trinajstić information content (AvgIpc) is 3.23. The summed E-state index contributed by atoms with van der Waals surface area (Å²) in [6.45, 7) is 3.04. The lowest BCUT2D eigenvalue weighted by Crippen LogP contribution is -3.11. The molecule has 1 heterocycles. The molecule has 3 aromatic rings. The monoisotopic (exact) mass is 345 g/mol. The molecule has 132 valence electrons. The molecule has 1 fully saturated rings. The van der Waals surface area contributed by atoms with E-state index >= 15 is 0 Å². The first-order valence-corrected chi connectivity index (χ1v) is 9.48. The molecule has 1 amide bonds. The largest absolute Gasteiger partial charge is 0.346 e. The van der Waals surface area contributed by atoms with Crippen molar-refractivity contribution >= 4 is 16.7 Å². The van der Waals surface area contributed by atoms with Gasteiger partial charge in [0.1, 0.15) is 6.04 Å². The zero-order valence-corrected chi connectivity index (χ0v) is 14.9. The van der Waals surface area contributed by atoms with Gasteiger partial charge in [-0.15, -0.1) is 0 Å². The third-order valence-corrected chi connectivity index (χ3v) is 5.42. The normalized spacial score (nSPS) is 15.8. The van der Waals surface area contributed by atoms with E-state index in [4.69, 9.17) is 0 Å². The van der Waals surface area contributed by atoms with Crippen molar-refractivity contribution in [1.82, 2.24) is 5.32 Å². The molecule has 26 heavy (non-hydrogen) atoms. The van der Waals surface area contributed by atoms with E-state index in [2.05, 4.69) is 35.6 Å². The maximum absolute atomic E-state index is 12.7. The summed E-state index contributed by atoms with van der Waals surface area (Å²) in [6.07, 6.45) is 2.55. The number of carbonyl (C=O) groups excluding carboxylic acids is 1. The van der Waals surface area contributed by atoms with Crippen LogP contribution in [0.3, 0.4) is 0 Å². The number of benzene rings is 3. The van der Waals surface area contributed by atoms with Gasteiger partial charge in [-0.1, -0.05) is 60.7 Å². The summed E-state index contributed by atoms with van der Waals surface area (Å²) in [4.78, 5) is 14.3. The molecule has 0 aliphatic carbocycles. The molecule has 0 aromatic heterocycles. The van der Waals surface area contributed by atoms with Gasteiger partial charge in [0.15, 0.2) is 0 Å². The van der Waals surface area contributed by atoms with Crippen molar-refractivity contribution in [3.8, 4) is 0 Å². The first kappa shape index (κ1) is 16.8. The van der Waals surface area contributed by atoms with Crippen LogP contribution in [0.5, 0.6) is 0 Å². The zero-order chi connectivity index (χ0) is 17.8. The predicted molar refractivity (Wildman–Crippen MR) is 105 cm³/mol. The summed E-state index contributed by atoms with van der Waals surface area (Å²) in [6, 6.07) is 25.0. The van der Waals surface area contributed by atoms with E-state index in [0.29, 0.717) is 12.6 Å². The van der Waals surface area contributed by atoms with Gasteiger partial charge in [0.2, 0.25) is 0 Å². The Labute approximate surface area is 154 Å². The van der Waals surface area contributed by atoms with Crippen molar-refractivity contribution in [2.24, 2.45) is 0 Å². The zero-order valence-electron chi connectivity index (χ0n) is 14.9. The fraction of sp³-hybridized carbons (Fsp3) is 0.261. The lowest BCUT2D eigenvalue weighted by Gasteiger charge is -2.25. The Balaban J connectivity index is 1.50. The fourth-order valence-electron chi connectivity index (χ4n) is 3.99. The van der Waals surface area contributed by atoms with Crippen molar-refractivity contribution in [3.05, 3.63) is 83.9 Å². The van der Waals surface area contributed by atoms with E-state index < -0.39 is 0 Å². The highest BCUT2D eigenvalue weighted by Crippen LogP contribution is 2.16. The molecule has 1 aliphatic rings. The molecule has 3 aromatic carbocycles. The van der Waals surface area contributed by atoms with Crippen molar-refractivity contribution in [2.75, 3.05) is 19.6 Å². The van der Waals surface area contributed by atoms with Crippen molar-refractivity contribution < 1.29 is 9.69 Å². The van der Waals surface area contributed by atoms with Crippen LogP contribution in [0.1, 0.15) is 34.8 Å². The molecule has 0 radical (unpaired) electrons. The maximum atomic E-state index is 12.7. The molecule has 3 heteroatoms. The average molecular weight is 345 g/mol. The molecule has 1 aliphatic heterocycles. The van der Waals surface area contributed by atoms with Crippen molar-refractivity contribution in [2.45, 2.75) is 18.9 Å². The minimum absolute atomic E-state index is 0.00952. The van der Waals surface area contributed by atoms with Crippen LogP contribution < -0.4 is 10.2 Å². The molecule has 0 bridgehead atoms. The van der Waals surface area contributed by atoms with Crippen LogP contribution in [0, 0.1) is 0 Å². The lowest BCUT2D eigenvalue weighted by molar-refractivity contribution is -0.918. The molecule has 3 nitrogen and oxygen atoms in total. The number of nitrogens with one attached hydrogen (secondary N) is 2. The summed E-state index contributed by atoms with van der Waals surface area (Å²) in [5, 5.41) is 5.44. The molecule has 0 unspecified atom stereocenters. The number of hydrogen-bond acceptors (Lipinski definition) is 1. The quantitative estimate of drug-likeness (QED) is 0.732. The van der Waals surface area contributed by atoms with Crippen LogP contribution in [0.25, 0.3) is 10.8 Å². The summed E-state index contributed by atoms with van der Waals surface area (Å²) in [7, 11) is 0. The second kappa shape index (κ2) is 7.71. The van der Waals surface area contributed by atoms with E-state index in [1.54, 1.807) is 4.90 Å². The third-order valence-electron chi connectivity index (χ3n) is 5.42. The molecular formula is C23H25N2O+. The standard InChI is InChI=1S/C23H24N2O/c26-23(21-13-12-18-8-4-5-11-20(18)16-21)24-17-22(25-14-6-7-15-25)19-9-2-1-3-10-19/h1-5,8-13,16,22H,6-7,14-15,17H2,(H,24,26)/p+1/t22-/m1/s1. The van der Waals surface area contributed by atoms with Crippen molar-refractivity contribution in [3.63, 3.8) is 0 Å². The Morgan fingerprint density at radius 2 is 1.58 bits per heavy atom. The molecule has 1 atom stereocenters. The summed E-state index contributed by atoms with van der Waals surface area (Å²) in [5.74, 6) is 0.00952. The number of amides is 1.